The molecule has 7 N–H and O–H groups in total. The Bertz CT molecular complexity index is 3490. The van der Waals surface area contributed by atoms with Crippen LogP contribution in [0.25, 0.3) is 0 Å². The van der Waals surface area contributed by atoms with Crippen molar-refractivity contribution in [1.29, 1.82) is 0 Å². The van der Waals surface area contributed by atoms with E-state index < -0.39 is 57.4 Å². The van der Waals surface area contributed by atoms with Crippen LogP contribution in [0.1, 0.15) is 83.7 Å². The van der Waals surface area contributed by atoms with Crippen molar-refractivity contribution < 1.29 is 79.1 Å². The van der Waals surface area contributed by atoms with Gasteiger partial charge in [-0.05, 0) is 108 Å². The molecular weight excluding hydrogens is 1410 g/mol. The number of halogens is 4. The molecule has 2 heterocycles. The molecular formula is C67H95Cl4N9O17S2. The number of thiol groups is 1. The summed E-state index contributed by atoms with van der Waals surface area (Å²) in [6.45, 7) is 4.73. The molecule has 0 radical (unpaired) electrons. The second-order valence-electron chi connectivity index (χ2n) is 24.6. The lowest BCUT2D eigenvalue weighted by Gasteiger charge is -2.37. The standard InChI is InChI=1S/C67H95Cl4N9O17S2/c1-76-40-56(54-35-49(68)37-60(70)58(54)41-76)48-8-6-10-53(34-48)99(89,90)74-18-23-92-28-30-94-25-20-78(3)64(83)12-15-67(75-62(81)45-97-46-66(85)86,14-11-63(82)77(2)19-24-93-29-27-91-22-17-72)16-13-65(84)79(4)21-26-95-31-32-96-44-51(73)39-80-42-57(47-7-5-9-52(33-47)98(87)88)55-36-50(69)38-61(71)59(55)43-80/h5-10,33-38,51,56-57,74,98H,11-32,39-46,72-73H2,1-4H3,(H,75,81)(H,85,86)/t51?,56-,57-,67?/m0/s1. The smallest absolute Gasteiger partial charge is 0.329 e. The second kappa shape index (κ2) is 42.4. The molecule has 0 aliphatic carbocycles. The number of benzene rings is 4. The second-order valence-corrected chi connectivity index (χ2v) is 29.1. The van der Waals surface area contributed by atoms with Crippen LogP contribution in [0.5, 0.6) is 0 Å². The van der Waals surface area contributed by atoms with Crippen LogP contribution in [0.15, 0.2) is 82.6 Å². The van der Waals surface area contributed by atoms with E-state index in [-0.39, 0.29) is 164 Å². The average Bonchev–Trinajstić information content (AvgIpc) is 0.780. The van der Waals surface area contributed by atoms with Crippen LogP contribution < -0.4 is 21.5 Å². The van der Waals surface area contributed by atoms with Gasteiger partial charge in [-0.1, -0.05) is 70.7 Å². The molecule has 0 saturated carbocycles. The van der Waals surface area contributed by atoms with Crippen molar-refractivity contribution in [3.05, 3.63) is 126 Å². The zero-order valence-corrected chi connectivity index (χ0v) is 61.3. The lowest BCUT2D eigenvalue weighted by atomic mass is 9.82. The number of ether oxygens (including phenoxy) is 7. The largest absolute Gasteiger partial charge is 0.480 e. The van der Waals surface area contributed by atoms with Crippen LogP contribution in [-0.2, 0) is 90.9 Å². The number of aliphatic carboxylic acids is 1. The number of fused-ring (bicyclic) bond motifs is 2. The number of likely N-dealkylation sites (N-methyl/N-ethyl adjacent to an activating group) is 4. The minimum absolute atomic E-state index is 0.00479. The number of nitrogens with one attached hydrogen (secondary N) is 2. The van der Waals surface area contributed by atoms with Gasteiger partial charge in [0.2, 0.25) is 33.7 Å². The van der Waals surface area contributed by atoms with Crippen LogP contribution in [0, 0.1) is 0 Å². The number of carboxylic acid groups (broad SMARTS) is 1. The highest BCUT2D eigenvalue weighted by molar-refractivity contribution is 7.89. The first-order valence-electron chi connectivity index (χ1n) is 32.7. The van der Waals surface area contributed by atoms with E-state index >= 15 is 0 Å². The number of hydrogen-bond donors (Lipinski definition) is 6. The molecule has 2 aliphatic rings. The van der Waals surface area contributed by atoms with Crippen LogP contribution >= 0.6 is 46.4 Å². The van der Waals surface area contributed by atoms with Gasteiger partial charge in [0.05, 0.1) is 89.1 Å². The Morgan fingerprint density at radius 3 is 1.65 bits per heavy atom. The van der Waals surface area contributed by atoms with E-state index in [4.69, 9.17) is 91.0 Å². The fourth-order valence-corrected chi connectivity index (χ4v) is 14.3. The third-order valence-corrected chi connectivity index (χ3v) is 20.3. The molecule has 0 saturated heterocycles. The Hall–Kier alpha value is -5.19. The molecule has 2 unspecified atom stereocenters. The summed E-state index contributed by atoms with van der Waals surface area (Å²) in [5.41, 5.74) is 16.0. The van der Waals surface area contributed by atoms with Crippen molar-refractivity contribution in [3.63, 3.8) is 0 Å². The number of amides is 4. The van der Waals surface area contributed by atoms with Gasteiger partial charge >= 0.3 is 5.97 Å². The van der Waals surface area contributed by atoms with Crippen LogP contribution in [-0.4, -0.2) is 261 Å². The first-order chi connectivity index (χ1) is 47.3. The van der Waals surface area contributed by atoms with Gasteiger partial charge in [0, 0.05) is 149 Å². The normalized spacial score (nSPS) is 15.8. The van der Waals surface area contributed by atoms with E-state index in [1.54, 1.807) is 63.6 Å². The summed E-state index contributed by atoms with van der Waals surface area (Å²) in [6, 6.07) is 20.3. The topological polar surface area (TPSA) is 331 Å². The molecule has 4 amide bonds. The van der Waals surface area contributed by atoms with Gasteiger partial charge in [0.25, 0.3) is 0 Å². The Morgan fingerprint density at radius 1 is 0.636 bits per heavy atom. The lowest BCUT2D eigenvalue weighted by Crippen LogP contribution is -2.52. The van der Waals surface area contributed by atoms with E-state index in [1.165, 1.54) is 20.8 Å². The van der Waals surface area contributed by atoms with Gasteiger partial charge in [-0.25, -0.2) is 26.4 Å². The number of hydrogen-bond acceptors (Lipinski definition) is 20. The minimum Gasteiger partial charge on any atom is -0.480 e. The summed E-state index contributed by atoms with van der Waals surface area (Å²) in [7, 11) is 0.0753. The highest BCUT2D eigenvalue weighted by Gasteiger charge is 2.36. The van der Waals surface area contributed by atoms with E-state index in [9.17, 15) is 45.9 Å². The Morgan fingerprint density at radius 2 is 1.12 bits per heavy atom. The predicted octanol–water partition coefficient (Wildman–Crippen LogP) is 4.83. The zero-order valence-electron chi connectivity index (χ0n) is 56.6. The molecule has 4 aromatic rings. The fraction of sp³-hybridized carbons (Fsp3) is 0.567. The maximum Gasteiger partial charge on any atom is 0.329 e. The van der Waals surface area contributed by atoms with E-state index in [1.807, 2.05) is 31.3 Å². The van der Waals surface area contributed by atoms with Gasteiger partial charge < -0.3 is 74.6 Å². The summed E-state index contributed by atoms with van der Waals surface area (Å²) in [5.74, 6) is -3.34. The van der Waals surface area contributed by atoms with Gasteiger partial charge in [0.1, 0.15) is 13.2 Å². The summed E-state index contributed by atoms with van der Waals surface area (Å²) >= 11 is 26.1. The van der Waals surface area contributed by atoms with Crippen molar-refractivity contribution in [2.24, 2.45) is 11.5 Å². The first kappa shape index (κ1) is 82.8. The van der Waals surface area contributed by atoms with Gasteiger partial charge in [-0.3, -0.25) is 24.1 Å². The van der Waals surface area contributed by atoms with Crippen molar-refractivity contribution >= 4 is 96.7 Å². The fourth-order valence-electron chi connectivity index (χ4n) is 11.7. The molecule has 2 aliphatic heterocycles. The predicted molar refractivity (Wildman–Crippen MR) is 377 cm³/mol. The van der Waals surface area contributed by atoms with Crippen LogP contribution in [0.2, 0.25) is 20.1 Å². The highest BCUT2D eigenvalue weighted by Crippen LogP contribution is 2.41. The van der Waals surface area contributed by atoms with Gasteiger partial charge in [-0.15, -0.1) is 0 Å². The molecule has 0 bridgehead atoms. The SMILES string of the molecule is CN1Cc2c(Cl)cc(Cl)cc2[C@H](c2cccc(S(=O)(=O)NCCOCCOCCN(C)C(=O)CCC(CCC(=O)N(C)CCOCCOCCN)(CCC(=O)N(C)CCOCCOCC(N)CN3Cc4c(Cl)cc(Cl)cc4[C@H](c4cccc([SH](=O)=O)c4)C3)NC(=O)COCC(=O)O)c2)C1. The monoisotopic (exact) mass is 1500 g/mol. The number of rotatable bonds is 46. The van der Waals surface area contributed by atoms with Crippen molar-refractivity contribution in [3.8, 4) is 0 Å². The third-order valence-electron chi connectivity index (χ3n) is 17.0. The maximum atomic E-state index is 13.9. The highest BCUT2D eigenvalue weighted by atomic mass is 35.5. The Kier molecular flexibility index (Phi) is 35.5. The van der Waals surface area contributed by atoms with Crippen molar-refractivity contribution in [2.45, 2.75) is 84.8 Å². The summed E-state index contributed by atoms with van der Waals surface area (Å²) in [4.78, 5) is 75.4. The zero-order chi connectivity index (χ0) is 72.1. The molecule has 0 fully saturated rings. The number of nitrogens with two attached hydrogens (primary N) is 2. The molecule has 26 nitrogen and oxygen atoms in total. The molecule has 0 spiro atoms. The van der Waals surface area contributed by atoms with Crippen molar-refractivity contribution in [2.75, 3.05) is 173 Å². The molecule has 32 heteroatoms. The quantitative estimate of drug-likeness (QED) is 0.0255. The number of carbonyl (C=O) groups is 5. The molecule has 550 valence electrons. The molecule has 4 atom stereocenters. The number of carbonyl (C=O) groups excluding carboxylic acids is 4. The molecule has 0 aromatic heterocycles. The molecule has 6 rings (SSSR count). The number of sulfonamides is 1. The lowest BCUT2D eigenvalue weighted by molar-refractivity contribution is -0.144. The van der Waals surface area contributed by atoms with Gasteiger partial charge in [-0.2, -0.15) is 0 Å². The van der Waals surface area contributed by atoms with Crippen LogP contribution in [0.3, 0.4) is 0 Å². The summed E-state index contributed by atoms with van der Waals surface area (Å²) in [6.07, 6.45) is -0.422. The maximum absolute atomic E-state index is 13.9. The van der Waals surface area contributed by atoms with Crippen molar-refractivity contribution in [1.82, 2.24) is 34.5 Å². The van der Waals surface area contributed by atoms with E-state index in [0.717, 1.165) is 33.4 Å². The summed E-state index contributed by atoms with van der Waals surface area (Å²) in [5, 5.41) is 14.2. The first-order valence-corrected chi connectivity index (χ1v) is 36.9. The average molecular weight is 1500 g/mol. The Labute approximate surface area is 602 Å². The summed E-state index contributed by atoms with van der Waals surface area (Å²) < 4.78 is 92.5. The number of carboxylic acids is 1. The van der Waals surface area contributed by atoms with E-state index in [0.29, 0.717) is 79.2 Å². The third kappa shape index (κ3) is 27.8. The van der Waals surface area contributed by atoms with Crippen LogP contribution in [0.4, 0.5) is 0 Å². The minimum atomic E-state index is -3.90. The molecule has 4 aromatic carbocycles. The molecule has 99 heavy (non-hydrogen) atoms. The van der Waals surface area contributed by atoms with E-state index in [2.05, 4.69) is 19.8 Å². The Balaban J connectivity index is 0.972. The number of nitrogens with zero attached hydrogens (tertiary/aromatic N) is 5. The van der Waals surface area contributed by atoms with Gasteiger partial charge in [0.15, 0.2) is 10.7 Å².